The van der Waals surface area contributed by atoms with Crippen molar-refractivity contribution in [3.05, 3.63) is 0 Å². The lowest BCUT2D eigenvalue weighted by molar-refractivity contribution is -0.234. The Morgan fingerprint density at radius 1 is 1.20 bits per heavy atom. The highest BCUT2D eigenvalue weighted by molar-refractivity contribution is 5.84. The maximum Gasteiger partial charge on any atom is 0.228 e. The summed E-state index contributed by atoms with van der Waals surface area (Å²) >= 11 is 0. The van der Waals surface area contributed by atoms with Crippen LogP contribution in [0, 0.1) is 29.6 Å². The molecular weight excluding hydrogens is 250 g/mol. The fourth-order valence-corrected chi connectivity index (χ4v) is 5.55. The Morgan fingerprint density at radius 3 is 2.65 bits per heavy atom. The average Bonchev–Trinajstić information content (AvgIpc) is 2.56. The highest BCUT2D eigenvalue weighted by Gasteiger charge is 2.64. The molecule has 2 saturated heterocycles. The lowest BCUT2D eigenvalue weighted by Crippen LogP contribution is -2.64. The Bertz CT molecular complexity index is 446. The second kappa shape index (κ2) is 4.00. The standard InChI is InChI=1S/C17H27NO2/c1-9-5-6-12-13(7-9)20-16-14-10(2)8-11(14)15(19)18(16)17(12,3)4/h9-14,16H,5-8H2,1-4H3/t9-,10-,11+,12-,13-,14-,16+/m1/s1. The van der Waals surface area contributed by atoms with Crippen molar-refractivity contribution in [1.29, 1.82) is 0 Å². The Labute approximate surface area is 122 Å². The fourth-order valence-electron chi connectivity index (χ4n) is 5.55. The van der Waals surface area contributed by atoms with Gasteiger partial charge < -0.3 is 9.64 Å². The van der Waals surface area contributed by atoms with Gasteiger partial charge in [-0.3, -0.25) is 4.79 Å². The van der Waals surface area contributed by atoms with Crippen molar-refractivity contribution < 1.29 is 9.53 Å². The smallest absolute Gasteiger partial charge is 0.228 e. The number of rotatable bonds is 0. The molecule has 112 valence electrons. The van der Waals surface area contributed by atoms with Gasteiger partial charge >= 0.3 is 0 Å². The molecule has 4 aliphatic rings. The van der Waals surface area contributed by atoms with E-state index in [-0.39, 0.29) is 17.7 Å². The third-order valence-electron chi connectivity index (χ3n) is 6.78. The van der Waals surface area contributed by atoms with Gasteiger partial charge in [-0.05, 0) is 44.9 Å². The van der Waals surface area contributed by atoms with Crippen LogP contribution in [0.4, 0.5) is 0 Å². The highest BCUT2D eigenvalue weighted by Crippen LogP contribution is 2.57. The van der Waals surface area contributed by atoms with Crippen molar-refractivity contribution in [3.63, 3.8) is 0 Å². The predicted octanol–water partition coefficient (Wildman–Crippen LogP) is 3.04. The summed E-state index contributed by atoms with van der Waals surface area (Å²) in [6.07, 6.45) is 5.18. The molecule has 0 radical (unpaired) electrons. The lowest BCUT2D eigenvalue weighted by atomic mass is 9.66. The highest BCUT2D eigenvalue weighted by atomic mass is 16.5. The zero-order valence-corrected chi connectivity index (χ0v) is 13.1. The number of fused-ring (bicyclic) bond motifs is 4. The molecule has 0 aromatic heterocycles. The van der Waals surface area contributed by atoms with Crippen molar-refractivity contribution in [1.82, 2.24) is 4.90 Å². The molecule has 1 amide bonds. The Balaban J connectivity index is 1.69. The van der Waals surface area contributed by atoms with E-state index in [9.17, 15) is 4.79 Å². The van der Waals surface area contributed by atoms with E-state index < -0.39 is 0 Å². The number of carbonyl (C=O) groups is 1. The van der Waals surface area contributed by atoms with Crippen LogP contribution in [0.3, 0.4) is 0 Å². The number of carbonyl (C=O) groups excluding carboxylic acids is 1. The van der Waals surface area contributed by atoms with E-state index in [0.717, 1.165) is 12.3 Å². The summed E-state index contributed by atoms with van der Waals surface area (Å²) in [5.74, 6) is 3.02. The van der Waals surface area contributed by atoms with Gasteiger partial charge in [-0.15, -0.1) is 0 Å². The van der Waals surface area contributed by atoms with Crippen molar-refractivity contribution in [2.24, 2.45) is 29.6 Å². The quantitative estimate of drug-likeness (QED) is 0.681. The number of amides is 1. The summed E-state index contributed by atoms with van der Waals surface area (Å²) in [7, 11) is 0. The topological polar surface area (TPSA) is 29.5 Å². The van der Waals surface area contributed by atoms with Crippen molar-refractivity contribution in [2.45, 2.75) is 71.2 Å². The molecule has 0 spiro atoms. The molecule has 4 rings (SSSR count). The number of nitrogens with zero attached hydrogens (tertiary/aromatic N) is 1. The van der Waals surface area contributed by atoms with E-state index in [2.05, 4.69) is 32.6 Å². The van der Waals surface area contributed by atoms with Gasteiger partial charge in [-0.25, -0.2) is 0 Å². The van der Waals surface area contributed by atoms with E-state index in [1.165, 1.54) is 19.3 Å². The Kier molecular flexibility index (Phi) is 2.62. The lowest BCUT2D eigenvalue weighted by Gasteiger charge is -2.56. The number of hydrogen-bond acceptors (Lipinski definition) is 2. The second-order valence-corrected chi connectivity index (χ2v) is 8.35. The minimum absolute atomic E-state index is 0.0259. The monoisotopic (exact) mass is 277 g/mol. The average molecular weight is 277 g/mol. The summed E-state index contributed by atoms with van der Waals surface area (Å²) < 4.78 is 6.50. The first kappa shape index (κ1) is 13.1. The summed E-state index contributed by atoms with van der Waals surface area (Å²) in [6.45, 7) is 9.18. The second-order valence-electron chi connectivity index (χ2n) is 8.35. The minimum Gasteiger partial charge on any atom is -0.354 e. The van der Waals surface area contributed by atoms with E-state index in [0.29, 0.717) is 29.8 Å². The number of hydrogen-bond donors (Lipinski definition) is 0. The molecule has 20 heavy (non-hydrogen) atoms. The van der Waals surface area contributed by atoms with Crippen LogP contribution in [-0.2, 0) is 9.53 Å². The van der Waals surface area contributed by atoms with Crippen LogP contribution in [0.1, 0.15) is 53.4 Å². The molecule has 0 unspecified atom stereocenters. The van der Waals surface area contributed by atoms with Crippen LogP contribution in [0.25, 0.3) is 0 Å². The molecule has 2 saturated carbocycles. The zero-order valence-electron chi connectivity index (χ0n) is 13.1. The van der Waals surface area contributed by atoms with E-state index in [1.807, 2.05) is 0 Å². The van der Waals surface area contributed by atoms with Crippen LogP contribution in [-0.4, -0.2) is 28.7 Å². The molecule has 0 aromatic carbocycles. The van der Waals surface area contributed by atoms with Gasteiger partial charge in [0.2, 0.25) is 5.91 Å². The fraction of sp³-hybridized carbons (Fsp3) is 0.941. The molecule has 2 aliphatic heterocycles. The van der Waals surface area contributed by atoms with Gasteiger partial charge in [-0.2, -0.15) is 0 Å². The van der Waals surface area contributed by atoms with Crippen molar-refractivity contribution >= 4 is 5.91 Å². The molecule has 0 aromatic rings. The summed E-state index contributed by atoms with van der Waals surface area (Å²) in [6, 6.07) is 0. The van der Waals surface area contributed by atoms with Crippen LogP contribution < -0.4 is 0 Å². The Morgan fingerprint density at radius 2 is 1.95 bits per heavy atom. The largest absolute Gasteiger partial charge is 0.354 e. The first-order valence-corrected chi connectivity index (χ1v) is 8.40. The SMILES string of the molecule is C[C@@H]1CC[C@@H]2[C@@H](C1)O[C@H]1[C@@H]3[C@H](C)C[C@@H]3C(=O)N1C2(C)C. The van der Waals surface area contributed by atoms with Crippen LogP contribution in [0.2, 0.25) is 0 Å². The first-order valence-electron chi connectivity index (χ1n) is 8.40. The normalized spacial score (nSPS) is 52.9. The van der Waals surface area contributed by atoms with E-state index >= 15 is 0 Å². The third-order valence-corrected chi connectivity index (χ3v) is 6.78. The maximum absolute atomic E-state index is 12.7. The number of ether oxygens (including phenoxy) is 1. The molecular formula is C17H27NO2. The Hall–Kier alpha value is -0.570. The van der Waals surface area contributed by atoms with Crippen molar-refractivity contribution in [2.75, 3.05) is 0 Å². The maximum atomic E-state index is 12.7. The summed E-state index contributed by atoms with van der Waals surface area (Å²) in [4.78, 5) is 14.9. The van der Waals surface area contributed by atoms with Gasteiger partial charge in [0.1, 0.15) is 6.23 Å². The van der Waals surface area contributed by atoms with Crippen LogP contribution >= 0.6 is 0 Å². The molecule has 3 nitrogen and oxygen atoms in total. The van der Waals surface area contributed by atoms with Gasteiger partial charge in [0.05, 0.1) is 6.10 Å². The molecule has 2 heterocycles. The van der Waals surface area contributed by atoms with Gasteiger partial charge in [-0.1, -0.05) is 20.3 Å². The van der Waals surface area contributed by atoms with E-state index in [4.69, 9.17) is 4.74 Å². The van der Waals surface area contributed by atoms with Gasteiger partial charge in [0.15, 0.2) is 0 Å². The molecule has 0 N–H and O–H groups in total. The molecule has 7 atom stereocenters. The van der Waals surface area contributed by atoms with Crippen molar-refractivity contribution in [3.8, 4) is 0 Å². The zero-order chi connectivity index (χ0) is 14.2. The molecule has 4 fully saturated rings. The predicted molar refractivity (Wildman–Crippen MR) is 76.9 cm³/mol. The van der Waals surface area contributed by atoms with Crippen LogP contribution in [0.5, 0.6) is 0 Å². The van der Waals surface area contributed by atoms with Gasteiger partial charge in [0.25, 0.3) is 0 Å². The minimum atomic E-state index is -0.0259. The summed E-state index contributed by atoms with van der Waals surface area (Å²) in [5, 5.41) is 0. The van der Waals surface area contributed by atoms with Crippen LogP contribution in [0.15, 0.2) is 0 Å². The molecule has 0 bridgehead atoms. The summed E-state index contributed by atoms with van der Waals surface area (Å²) in [5.41, 5.74) is -0.0259. The van der Waals surface area contributed by atoms with E-state index in [1.54, 1.807) is 0 Å². The van der Waals surface area contributed by atoms with Gasteiger partial charge in [0, 0.05) is 23.3 Å². The molecule has 2 aliphatic carbocycles. The molecule has 3 heteroatoms. The third kappa shape index (κ3) is 1.48. The first-order chi connectivity index (χ1) is 9.41.